The standard InChI is InChI=1S/C23H27ClN4O/c1-16-15-19(21-22(24)26-13-12-25-21)11-14-28(16)23(29)27-20-9-7-18(8-10-20)17-5-3-2-4-6-17/h7-13,16-17H,2-6,14-15H2,1H3,(H,27,29)/t16-/m0/s1. The van der Waals surface area contributed by atoms with Gasteiger partial charge in [-0.25, -0.2) is 9.78 Å². The summed E-state index contributed by atoms with van der Waals surface area (Å²) in [5, 5.41) is 3.45. The van der Waals surface area contributed by atoms with Gasteiger partial charge in [-0.1, -0.05) is 49.1 Å². The van der Waals surface area contributed by atoms with Crippen molar-refractivity contribution in [1.82, 2.24) is 14.9 Å². The van der Waals surface area contributed by atoms with Gasteiger partial charge in [0.2, 0.25) is 0 Å². The lowest BCUT2D eigenvalue weighted by Crippen LogP contribution is -2.43. The van der Waals surface area contributed by atoms with Gasteiger partial charge in [-0.2, -0.15) is 0 Å². The molecule has 1 aromatic heterocycles. The minimum atomic E-state index is -0.0801. The number of hydrogen-bond acceptors (Lipinski definition) is 3. The van der Waals surface area contributed by atoms with Crippen molar-refractivity contribution >= 4 is 28.9 Å². The minimum absolute atomic E-state index is 0.0505. The van der Waals surface area contributed by atoms with Gasteiger partial charge in [0.15, 0.2) is 5.15 Å². The number of aromatic nitrogens is 2. The number of carbonyl (C=O) groups excluding carboxylic acids is 1. The quantitative estimate of drug-likeness (QED) is 0.686. The number of nitrogens with zero attached hydrogens (tertiary/aromatic N) is 3. The maximum absolute atomic E-state index is 12.8. The third kappa shape index (κ3) is 4.61. The Morgan fingerprint density at radius 1 is 1.10 bits per heavy atom. The van der Waals surface area contributed by atoms with Gasteiger partial charge in [0.25, 0.3) is 0 Å². The molecule has 2 amide bonds. The summed E-state index contributed by atoms with van der Waals surface area (Å²) in [4.78, 5) is 23.1. The van der Waals surface area contributed by atoms with Crippen molar-refractivity contribution < 1.29 is 4.79 Å². The number of hydrogen-bond donors (Lipinski definition) is 1. The molecule has 2 aliphatic rings. The largest absolute Gasteiger partial charge is 0.322 e. The van der Waals surface area contributed by atoms with Gasteiger partial charge in [-0.05, 0) is 55.4 Å². The van der Waals surface area contributed by atoms with Crippen LogP contribution in [0.5, 0.6) is 0 Å². The van der Waals surface area contributed by atoms with E-state index in [9.17, 15) is 4.79 Å². The molecule has 6 heteroatoms. The van der Waals surface area contributed by atoms with Gasteiger partial charge < -0.3 is 10.2 Å². The fourth-order valence-electron chi connectivity index (χ4n) is 4.38. The van der Waals surface area contributed by atoms with Gasteiger partial charge in [0.1, 0.15) is 5.69 Å². The van der Waals surface area contributed by atoms with Crippen LogP contribution in [0.15, 0.2) is 42.7 Å². The molecule has 1 aliphatic carbocycles. The second-order valence-electron chi connectivity index (χ2n) is 8.02. The molecule has 29 heavy (non-hydrogen) atoms. The monoisotopic (exact) mass is 410 g/mol. The van der Waals surface area contributed by atoms with Gasteiger partial charge in [-0.3, -0.25) is 4.98 Å². The van der Waals surface area contributed by atoms with E-state index >= 15 is 0 Å². The first-order chi connectivity index (χ1) is 14.1. The molecule has 2 heterocycles. The number of carbonyl (C=O) groups is 1. The number of benzene rings is 1. The smallest absolute Gasteiger partial charge is 0.318 e. The van der Waals surface area contributed by atoms with Gasteiger partial charge in [-0.15, -0.1) is 0 Å². The van der Waals surface area contributed by atoms with E-state index in [0.29, 0.717) is 29.7 Å². The minimum Gasteiger partial charge on any atom is -0.318 e. The van der Waals surface area contributed by atoms with E-state index in [0.717, 1.165) is 11.3 Å². The molecule has 0 bridgehead atoms. The molecule has 4 rings (SSSR count). The van der Waals surface area contributed by atoms with Crippen LogP contribution in [0, 0.1) is 0 Å². The molecule has 0 radical (unpaired) electrons. The lowest BCUT2D eigenvalue weighted by atomic mass is 9.84. The number of nitrogens with one attached hydrogen (secondary N) is 1. The summed E-state index contributed by atoms with van der Waals surface area (Å²) in [6, 6.07) is 8.35. The van der Waals surface area contributed by atoms with E-state index in [1.165, 1.54) is 37.7 Å². The average Bonchev–Trinajstić information content (AvgIpc) is 2.75. The maximum Gasteiger partial charge on any atom is 0.322 e. The van der Waals surface area contributed by atoms with E-state index < -0.39 is 0 Å². The highest BCUT2D eigenvalue weighted by Gasteiger charge is 2.26. The van der Waals surface area contributed by atoms with E-state index in [-0.39, 0.29) is 12.1 Å². The van der Waals surface area contributed by atoms with E-state index in [4.69, 9.17) is 11.6 Å². The number of urea groups is 1. The van der Waals surface area contributed by atoms with Gasteiger partial charge in [0, 0.05) is 30.7 Å². The lowest BCUT2D eigenvalue weighted by Gasteiger charge is -2.33. The molecule has 0 saturated heterocycles. The summed E-state index contributed by atoms with van der Waals surface area (Å²) in [5.74, 6) is 0.673. The molecule has 0 spiro atoms. The summed E-state index contributed by atoms with van der Waals surface area (Å²) >= 11 is 6.17. The van der Waals surface area contributed by atoms with Crippen molar-refractivity contribution in [3.05, 3.63) is 59.1 Å². The molecule has 0 unspecified atom stereocenters. The van der Waals surface area contributed by atoms with Crippen LogP contribution in [-0.2, 0) is 0 Å². The summed E-state index contributed by atoms with van der Waals surface area (Å²) in [6.45, 7) is 2.57. The summed E-state index contributed by atoms with van der Waals surface area (Å²) in [7, 11) is 0. The molecular formula is C23H27ClN4O. The lowest BCUT2D eigenvalue weighted by molar-refractivity contribution is 0.198. The van der Waals surface area contributed by atoms with Crippen LogP contribution in [0.25, 0.3) is 5.57 Å². The van der Waals surface area contributed by atoms with Crippen molar-refractivity contribution in [3.8, 4) is 0 Å². The first-order valence-corrected chi connectivity index (χ1v) is 10.8. The Labute approximate surface area is 177 Å². The maximum atomic E-state index is 12.8. The molecule has 2 aromatic rings. The van der Waals surface area contributed by atoms with Crippen molar-refractivity contribution in [2.24, 2.45) is 0 Å². The topological polar surface area (TPSA) is 58.1 Å². The SMILES string of the molecule is C[C@H]1CC(c2nccnc2Cl)=CCN1C(=O)Nc1ccc(C2CCCCC2)cc1. The predicted octanol–water partition coefficient (Wildman–Crippen LogP) is 5.89. The Balaban J connectivity index is 1.39. The molecule has 1 aliphatic heterocycles. The molecule has 152 valence electrons. The zero-order chi connectivity index (χ0) is 20.2. The molecule has 1 N–H and O–H groups in total. The Morgan fingerprint density at radius 2 is 1.83 bits per heavy atom. The van der Waals surface area contributed by atoms with E-state index in [2.05, 4.69) is 27.4 Å². The third-order valence-electron chi connectivity index (χ3n) is 6.04. The zero-order valence-corrected chi connectivity index (χ0v) is 17.5. The molecular weight excluding hydrogens is 384 g/mol. The second-order valence-corrected chi connectivity index (χ2v) is 8.38. The molecule has 1 fully saturated rings. The van der Waals surface area contributed by atoms with Crippen molar-refractivity contribution in [2.45, 2.75) is 57.4 Å². The first kappa shape index (κ1) is 19.9. The molecule has 5 nitrogen and oxygen atoms in total. The van der Waals surface area contributed by atoms with Crippen molar-refractivity contribution in [1.29, 1.82) is 0 Å². The molecule has 1 aromatic carbocycles. The Kier molecular flexibility index (Phi) is 6.14. The van der Waals surface area contributed by atoms with Crippen LogP contribution >= 0.6 is 11.6 Å². The van der Waals surface area contributed by atoms with Gasteiger partial charge >= 0.3 is 6.03 Å². The van der Waals surface area contributed by atoms with Crippen LogP contribution < -0.4 is 5.32 Å². The van der Waals surface area contributed by atoms with Gasteiger partial charge in [0.05, 0.1) is 0 Å². The fraction of sp³-hybridized carbons (Fsp3) is 0.435. The molecule has 1 atom stereocenters. The Morgan fingerprint density at radius 3 is 2.52 bits per heavy atom. The van der Waals surface area contributed by atoms with Crippen molar-refractivity contribution in [2.75, 3.05) is 11.9 Å². The van der Waals surface area contributed by atoms with E-state index in [1.54, 1.807) is 12.4 Å². The number of anilines is 1. The predicted molar refractivity (Wildman–Crippen MR) is 117 cm³/mol. The van der Waals surface area contributed by atoms with Crippen LogP contribution in [0.4, 0.5) is 10.5 Å². The van der Waals surface area contributed by atoms with E-state index in [1.807, 2.05) is 30.0 Å². The first-order valence-electron chi connectivity index (χ1n) is 10.5. The number of rotatable bonds is 3. The Bertz CT molecular complexity index is 890. The highest BCUT2D eigenvalue weighted by Crippen LogP contribution is 2.33. The van der Waals surface area contributed by atoms with Crippen LogP contribution in [-0.4, -0.2) is 33.5 Å². The van der Waals surface area contributed by atoms with Crippen LogP contribution in [0.1, 0.15) is 62.6 Å². The average molecular weight is 411 g/mol. The van der Waals surface area contributed by atoms with Crippen molar-refractivity contribution in [3.63, 3.8) is 0 Å². The summed E-state index contributed by atoms with van der Waals surface area (Å²) in [6.07, 6.45) is 12.5. The molecule has 1 saturated carbocycles. The summed E-state index contributed by atoms with van der Waals surface area (Å²) in [5.41, 5.74) is 3.98. The van der Waals surface area contributed by atoms with Crippen LogP contribution in [0.3, 0.4) is 0 Å². The number of amides is 2. The van der Waals surface area contributed by atoms with Crippen LogP contribution in [0.2, 0.25) is 5.15 Å². The highest BCUT2D eigenvalue weighted by atomic mass is 35.5. The zero-order valence-electron chi connectivity index (χ0n) is 16.8. The number of halogens is 1. The third-order valence-corrected chi connectivity index (χ3v) is 6.32. The fourth-order valence-corrected chi connectivity index (χ4v) is 4.61. The second kappa shape index (κ2) is 8.95. The normalized spacial score (nSPS) is 20.3. The summed E-state index contributed by atoms with van der Waals surface area (Å²) < 4.78 is 0. The Hall–Kier alpha value is -2.40. The highest BCUT2D eigenvalue weighted by molar-refractivity contribution is 6.30.